The standard InChI is InChI=1S/C14H17BrN2O/c1-10-13(17(2)14(16-10)6-7-18)9-11-4-3-5-12(15)8-11/h3-5,8,18H,6-7,9H2,1-2H3. The normalized spacial score (nSPS) is 10.9. The number of aliphatic hydroxyl groups excluding tert-OH is 1. The quantitative estimate of drug-likeness (QED) is 0.943. The van der Waals surface area contributed by atoms with Gasteiger partial charge in [-0.15, -0.1) is 0 Å². The molecular weight excluding hydrogens is 292 g/mol. The summed E-state index contributed by atoms with van der Waals surface area (Å²) in [6, 6.07) is 8.30. The largest absolute Gasteiger partial charge is 0.396 e. The van der Waals surface area contributed by atoms with Crippen LogP contribution in [0.25, 0.3) is 0 Å². The van der Waals surface area contributed by atoms with Crippen LogP contribution in [0.4, 0.5) is 0 Å². The van der Waals surface area contributed by atoms with Crippen molar-refractivity contribution < 1.29 is 5.11 Å². The summed E-state index contributed by atoms with van der Waals surface area (Å²) in [6.07, 6.45) is 1.47. The van der Waals surface area contributed by atoms with Crippen LogP contribution in [0.15, 0.2) is 28.7 Å². The van der Waals surface area contributed by atoms with E-state index < -0.39 is 0 Å². The third kappa shape index (κ3) is 2.82. The molecule has 0 saturated heterocycles. The monoisotopic (exact) mass is 308 g/mol. The summed E-state index contributed by atoms with van der Waals surface area (Å²) in [5, 5.41) is 9.01. The number of nitrogens with zero attached hydrogens (tertiary/aromatic N) is 2. The minimum absolute atomic E-state index is 0.140. The molecule has 2 aromatic rings. The summed E-state index contributed by atoms with van der Waals surface area (Å²) in [7, 11) is 2.01. The highest BCUT2D eigenvalue weighted by Crippen LogP contribution is 2.18. The van der Waals surface area contributed by atoms with E-state index in [2.05, 4.69) is 37.6 Å². The van der Waals surface area contributed by atoms with E-state index in [4.69, 9.17) is 5.11 Å². The van der Waals surface area contributed by atoms with Gasteiger partial charge in [0.05, 0.1) is 12.3 Å². The van der Waals surface area contributed by atoms with Gasteiger partial charge in [0.2, 0.25) is 0 Å². The van der Waals surface area contributed by atoms with Gasteiger partial charge in [0.1, 0.15) is 5.82 Å². The molecule has 1 aromatic carbocycles. The van der Waals surface area contributed by atoms with Gasteiger partial charge in [-0.25, -0.2) is 4.98 Å². The number of halogens is 1. The molecule has 0 fully saturated rings. The van der Waals surface area contributed by atoms with Crippen LogP contribution in [0.1, 0.15) is 22.8 Å². The summed E-state index contributed by atoms with van der Waals surface area (Å²) in [5.74, 6) is 0.944. The molecule has 1 aromatic heterocycles. The second-order valence-corrected chi connectivity index (χ2v) is 5.32. The van der Waals surface area contributed by atoms with Crippen LogP contribution < -0.4 is 0 Å². The molecule has 18 heavy (non-hydrogen) atoms. The van der Waals surface area contributed by atoms with E-state index in [-0.39, 0.29) is 6.61 Å². The van der Waals surface area contributed by atoms with E-state index in [1.165, 1.54) is 11.3 Å². The molecule has 0 aliphatic rings. The third-order valence-electron chi connectivity index (χ3n) is 3.10. The average Bonchev–Trinajstić information content (AvgIpc) is 2.58. The van der Waals surface area contributed by atoms with Crippen molar-refractivity contribution in [3.63, 3.8) is 0 Å². The number of hydrogen-bond donors (Lipinski definition) is 1. The van der Waals surface area contributed by atoms with Gasteiger partial charge in [-0.1, -0.05) is 28.1 Å². The van der Waals surface area contributed by atoms with E-state index >= 15 is 0 Å². The molecule has 2 rings (SSSR count). The first-order valence-electron chi connectivity index (χ1n) is 5.98. The van der Waals surface area contributed by atoms with Crippen molar-refractivity contribution in [1.82, 2.24) is 9.55 Å². The molecule has 0 amide bonds. The smallest absolute Gasteiger partial charge is 0.111 e. The highest BCUT2D eigenvalue weighted by Gasteiger charge is 2.11. The molecule has 96 valence electrons. The Morgan fingerprint density at radius 1 is 1.39 bits per heavy atom. The van der Waals surface area contributed by atoms with E-state index in [1.807, 2.05) is 26.1 Å². The number of imidazole rings is 1. The first-order valence-corrected chi connectivity index (χ1v) is 6.77. The highest BCUT2D eigenvalue weighted by molar-refractivity contribution is 9.10. The summed E-state index contributed by atoms with van der Waals surface area (Å²) in [4.78, 5) is 4.51. The fraction of sp³-hybridized carbons (Fsp3) is 0.357. The van der Waals surface area contributed by atoms with Gasteiger partial charge in [-0.2, -0.15) is 0 Å². The van der Waals surface area contributed by atoms with Gasteiger partial charge in [0.25, 0.3) is 0 Å². The molecule has 1 N–H and O–H groups in total. The van der Waals surface area contributed by atoms with Crippen molar-refractivity contribution in [2.24, 2.45) is 7.05 Å². The SMILES string of the molecule is Cc1nc(CCO)n(C)c1Cc1cccc(Br)c1. The zero-order valence-electron chi connectivity index (χ0n) is 10.7. The molecular formula is C14H17BrN2O. The van der Waals surface area contributed by atoms with Crippen LogP contribution in [0.3, 0.4) is 0 Å². The lowest BCUT2D eigenvalue weighted by molar-refractivity contribution is 0.295. The van der Waals surface area contributed by atoms with Crippen molar-refractivity contribution in [2.45, 2.75) is 19.8 Å². The van der Waals surface area contributed by atoms with Crippen molar-refractivity contribution in [3.05, 3.63) is 51.5 Å². The number of aliphatic hydroxyl groups is 1. The Morgan fingerprint density at radius 2 is 2.17 bits per heavy atom. The lowest BCUT2D eigenvalue weighted by Crippen LogP contribution is -2.04. The molecule has 0 aliphatic heterocycles. The summed E-state index contributed by atoms with van der Waals surface area (Å²) in [5.41, 5.74) is 3.50. The molecule has 0 bridgehead atoms. The molecule has 0 saturated carbocycles. The fourth-order valence-corrected chi connectivity index (χ4v) is 2.59. The highest BCUT2D eigenvalue weighted by atomic mass is 79.9. The zero-order chi connectivity index (χ0) is 13.1. The molecule has 0 unspecified atom stereocenters. The third-order valence-corrected chi connectivity index (χ3v) is 3.60. The molecule has 0 atom stereocenters. The number of aromatic nitrogens is 2. The van der Waals surface area contributed by atoms with Crippen molar-refractivity contribution >= 4 is 15.9 Å². The Bertz CT molecular complexity index is 549. The second-order valence-electron chi connectivity index (χ2n) is 4.40. The van der Waals surface area contributed by atoms with Crippen LogP contribution in [0.5, 0.6) is 0 Å². The Balaban J connectivity index is 2.29. The van der Waals surface area contributed by atoms with Gasteiger partial charge in [0.15, 0.2) is 0 Å². The second kappa shape index (κ2) is 5.67. The molecule has 1 heterocycles. The van der Waals surface area contributed by atoms with Gasteiger partial charge in [0, 0.05) is 30.1 Å². The molecule has 4 heteroatoms. The van der Waals surface area contributed by atoms with E-state index in [0.29, 0.717) is 6.42 Å². The summed E-state index contributed by atoms with van der Waals surface area (Å²) >= 11 is 3.49. The maximum absolute atomic E-state index is 9.01. The maximum atomic E-state index is 9.01. The minimum Gasteiger partial charge on any atom is -0.396 e. The summed E-state index contributed by atoms with van der Waals surface area (Å²) in [6.45, 7) is 2.16. The van der Waals surface area contributed by atoms with E-state index in [0.717, 1.165) is 22.4 Å². The van der Waals surface area contributed by atoms with Crippen LogP contribution in [0, 0.1) is 6.92 Å². The van der Waals surface area contributed by atoms with Crippen molar-refractivity contribution in [3.8, 4) is 0 Å². The Morgan fingerprint density at radius 3 is 2.83 bits per heavy atom. The predicted octanol–water partition coefficient (Wildman–Crippen LogP) is 2.62. The van der Waals surface area contributed by atoms with Crippen LogP contribution in [-0.2, 0) is 19.9 Å². The lowest BCUT2D eigenvalue weighted by Gasteiger charge is -2.06. The zero-order valence-corrected chi connectivity index (χ0v) is 12.2. The van der Waals surface area contributed by atoms with E-state index in [1.54, 1.807) is 0 Å². The van der Waals surface area contributed by atoms with Crippen LogP contribution >= 0.6 is 15.9 Å². The van der Waals surface area contributed by atoms with E-state index in [9.17, 15) is 0 Å². The van der Waals surface area contributed by atoms with Crippen LogP contribution in [0.2, 0.25) is 0 Å². The number of aryl methyl sites for hydroxylation is 1. The van der Waals surface area contributed by atoms with Gasteiger partial charge >= 0.3 is 0 Å². The first kappa shape index (κ1) is 13.3. The predicted molar refractivity (Wildman–Crippen MR) is 75.7 cm³/mol. The molecule has 0 spiro atoms. The Hall–Kier alpha value is -1.13. The number of benzene rings is 1. The van der Waals surface area contributed by atoms with Crippen molar-refractivity contribution in [1.29, 1.82) is 0 Å². The average molecular weight is 309 g/mol. The Kier molecular flexibility index (Phi) is 4.19. The first-order chi connectivity index (χ1) is 8.61. The Labute approximate surface area is 116 Å². The minimum atomic E-state index is 0.140. The topological polar surface area (TPSA) is 38.1 Å². The molecule has 0 aliphatic carbocycles. The number of rotatable bonds is 4. The van der Waals surface area contributed by atoms with Gasteiger partial charge in [-0.3, -0.25) is 0 Å². The fourth-order valence-electron chi connectivity index (χ4n) is 2.14. The summed E-state index contributed by atoms with van der Waals surface area (Å²) < 4.78 is 3.18. The number of hydrogen-bond acceptors (Lipinski definition) is 2. The lowest BCUT2D eigenvalue weighted by atomic mass is 10.1. The van der Waals surface area contributed by atoms with Gasteiger partial charge in [-0.05, 0) is 24.6 Å². The molecule has 3 nitrogen and oxygen atoms in total. The van der Waals surface area contributed by atoms with Crippen molar-refractivity contribution in [2.75, 3.05) is 6.61 Å². The molecule has 0 radical (unpaired) electrons. The van der Waals surface area contributed by atoms with Crippen LogP contribution in [-0.4, -0.2) is 21.3 Å². The maximum Gasteiger partial charge on any atom is 0.111 e. The van der Waals surface area contributed by atoms with Gasteiger partial charge < -0.3 is 9.67 Å².